The molecule has 29 heavy (non-hydrogen) atoms. The van der Waals surface area contributed by atoms with E-state index < -0.39 is 24.0 Å². The van der Waals surface area contributed by atoms with E-state index in [4.69, 9.17) is 0 Å². The van der Waals surface area contributed by atoms with E-state index in [-0.39, 0.29) is 17.4 Å². The van der Waals surface area contributed by atoms with Gasteiger partial charge in [0, 0.05) is 29.8 Å². The number of hydrogen-bond acceptors (Lipinski definition) is 6. The van der Waals surface area contributed by atoms with Crippen molar-refractivity contribution in [3.8, 4) is 0 Å². The summed E-state index contributed by atoms with van der Waals surface area (Å²) in [4.78, 5) is 36.6. The Bertz CT molecular complexity index is 820. The molecule has 9 heteroatoms. The molecular formula is C20H22N2O5S2. The molecule has 0 spiro atoms. The van der Waals surface area contributed by atoms with Gasteiger partial charge in [0.15, 0.2) is 0 Å². The van der Waals surface area contributed by atoms with Crippen LogP contribution in [0.3, 0.4) is 0 Å². The topological polar surface area (TPSA) is 107 Å². The fourth-order valence-electron chi connectivity index (χ4n) is 2.57. The predicted octanol–water partition coefficient (Wildman–Crippen LogP) is 3.44. The zero-order valence-corrected chi connectivity index (χ0v) is 17.4. The van der Waals surface area contributed by atoms with Gasteiger partial charge >= 0.3 is 11.9 Å². The number of carboxylic acid groups (broad SMARTS) is 2. The first-order valence-electron chi connectivity index (χ1n) is 8.76. The van der Waals surface area contributed by atoms with Gasteiger partial charge in [-0.1, -0.05) is 58.0 Å². The standard InChI is InChI=1S/C20H22N2O5S2/c1-14(23)22(16-10-6-3-7-11-16)18(20(26)27)13-29-28-12-17(19(24)25)21-15-8-4-2-5-9-15/h2-11,17-18,21H,12-13H2,1H3,(H,24,25)(H,26,27)/t17?,18-/m0/s1. The summed E-state index contributed by atoms with van der Waals surface area (Å²) in [5.74, 6) is -2.14. The highest BCUT2D eigenvalue weighted by molar-refractivity contribution is 8.76. The Balaban J connectivity index is 1.96. The number of nitrogens with one attached hydrogen (secondary N) is 1. The smallest absolute Gasteiger partial charge is 0.327 e. The van der Waals surface area contributed by atoms with E-state index >= 15 is 0 Å². The van der Waals surface area contributed by atoms with E-state index in [1.807, 2.05) is 6.07 Å². The van der Waals surface area contributed by atoms with Crippen LogP contribution in [0.4, 0.5) is 11.4 Å². The minimum absolute atomic E-state index is 0.117. The quantitative estimate of drug-likeness (QED) is 0.365. The first-order chi connectivity index (χ1) is 13.9. The van der Waals surface area contributed by atoms with Crippen LogP contribution in [-0.4, -0.2) is 51.6 Å². The summed E-state index contributed by atoms with van der Waals surface area (Å²) in [6.45, 7) is 1.32. The second-order valence-corrected chi connectivity index (χ2v) is 8.60. The fourth-order valence-corrected chi connectivity index (χ4v) is 4.91. The van der Waals surface area contributed by atoms with Gasteiger partial charge in [-0.05, 0) is 24.3 Å². The van der Waals surface area contributed by atoms with Gasteiger partial charge in [0.05, 0.1) is 0 Å². The lowest BCUT2D eigenvalue weighted by atomic mass is 10.2. The third-order valence-corrected chi connectivity index (χ3v) is 6.33. The molecule has 2 aromatic rings. The van der Waals surface area contributed by atoms with Crippen molar-refractivity contribution in [2.75, 3.05) is 21.7 Å². The number of carbonyl (C=O) groups is 3. The number of benzene rings is 2. The molecule has 0 aromatic heterocycles. The number of nitrogens with zero attached hydrogens (tertiary/aromatic N) is 1. The molecule has 0 saturated carbocycles. The summed E-state index contributed by atoms with van der Waals surface area (Å²) in [7, 11) is 2.48. The Hall–Kier alpha value is -2.65. The van der Waals surface area contributed by atoms with E-state index in [0.29, 0.717) is 11.4 Å². The van der Waals surface area contributed by atoms with Crippen molar-refractivity contribution in [1.82, 2.24) is 0 Å². The van der Waals surface area contributed by atoms with Crippen LogP contribution in [0.15, 0.2) is 60.7 Å². The molecule has 0 heterocycles. The van der Waals surface area contributed by atoms with Crippen LogP contribution < -0.4 is 10.2 Å². The Morgan fingerprint density at radius 2 is 1.45 bits per heavy atom. The lowest BCUT2D eigenvalue weighted by molar-refractivity contribution is -0.139. The van der Waals surface area contributed by atoms with Crippen LogP contribution in [0, 0.1) is 0 Å². The molecule has 0 saturated heterocycles. The second-order valence-electron chi connectivity index (χ2n) is 6.05. The van der Waals surface area contributed by atoms with Gasteiger partial charge in [-0.3, -0.25) is 9.69 Å². The SMILES string of the molecule is CC(=O)N(c1ccccc1)[C@@H](CSSCC(Nc1ccccc1)C(=O)O)C(=O)O. The molecule has 1 amide bonds. The molecule has 0 fully saturated rings. The van der Waals surface area contributed by atoms with Crippen molar-refractivity contribution in [3.05, 3.63) is 60.7 Å². The molecule has 0 bridgehead atoms. The van der Waals surface area contributed by atoms with Crippen LogP contribution in [0.5, 0.6) is 0 Å². The van der Waals surface area contributed by atoms with Gasteiger partial charge in [0.25, 0.3) is 0 Å². The summed E-state index contributed by atoms with van der Waals surface area (Å²) in [6, 6.07) is 15.7. The molecule has 2 rings (SSSR count). The van der Waals surface area contributed by atoms with Crippen LogP contribution >= 0.6 is 21.6 Å². The molecule has 1 unspecified atom stereocenters. The number of anilines is 2. The molecule has 7 nitrogen and oxygen atoms in total. The maximum atomic E-state index is 12.1. The largest absolute Gasteiger partial charge is 0.480 e. The van der Waals surface area contributed by atoms with Crippen LogP contribution in [0.1, 0.15) is 6.92 Å². The van der Waals surface area contributed by atoms with E-state index in [1.54, 1.807) is 54.6 Å². The van der Waals surface area contributed by atoms with Crippen LogP contribution in [0.2, 0.25) is 0 Å². The van der Waals surface area contributed by atoms with Crippen LogP contribution in [0.25, 0.3) is 0 Å². The lowest BCUT2D eigenvalue weighted by Crippen LogP contribution is -2.46. The number of para-hydroxylation sites is 2. The highest BCUT2D eigenvalue weighted by atomic mass is 33.1. The maximum absolute atomic E-state index is 12.1. The van der Waals surface area contributed by atoms with Gasteiger partial charge in [0.2, 0.25) is 5.91 Å². The van der Waals surface area contributed by atoms with Gasteiger partial charge in [-0.15, -0.1) is 0 Å². The van der Waals surface area contributed by atoms with Crippen molar-refractivity contribution >= 4 is 50.8 Å². The molecule has 2 aromatic carbocycles. The van der Waals surface area contributed by atoms with E-state index in [9.17, 15) is 24.6 Å². The molecule has 0 aliphatic heterocycles. The Morgan fingerprint density at radius 3 is 1.97 bits per heavy atom. The summed E-state index contributed by atoms with van der Waals surface area (Å²) >= 11 is 0. The third-order valence-electron chi connectivity index (χ3n) is 3.93. The van der Waals surface area contributed by atoms with Crippen molar-refractivity contribution in [2.24, 2.45) is 0 Å². The monoisotopic (exact) mass is 434 g/mol. The Kier molecular flexibility index (Phi) is 8.88. The molecule has 2 atom stereocenters. The molecule has 154 valence electrons. The number of carbonyl (C=O) groups excluding carboxylic acids is 1. The summed E-state index contributed by atoms with van der Waals surface area (Å²) in [5.41, 5.74) is 1.20. The first-order valence-corrected chi connectivity index (χ1v) is 11.3. The summed E-state index contributed by atoms with van der Waals surface area (Å²) in [5, 5.41) is 22.0. The lowest BCUT2D eigenvalue weighted by Gasteiger charge is -2.27. The molecular weight excluding hydrogens is 412 g/mol. The van der Waals surface area contributed by atoms with Gasteiger partial charge in [-0.2, -0.15) is 0 Å². The Morgan fingerprint density at radius 1 is 0.897 bits per heavy atom. The molecule has 3 N–H and O–H groups in total. The number of carboxylic acids is 2. The average Bonchev–Trinajstić information content (AvgIpc) is 2.70. The Labute approximate surface area is 176 Å². The average molecular weight is 435 g/mol. The van der Waals surface area contributed by atoms with Crippen molar-refractivity contribution in [2.45, 2.75) is 19.0 Å². The first kappa shape index (κ1) is 22.6. The summed E-state index contributed by atoms with van der Waals surface area (Å²) in [6.07, 6.45) is 0. The van der Waals surface area contributed by atoms with Crippen molar-refractivity contribution < 1.29 is 24.6 Å². The maximum Gasteiger partial charge on any atom is 0.327 e. The summed E-state index contributed by atoms with van der Waals surface area (Å²) < 4.78 is 0. The zero-order valence-electron chi connectivity index (χ0n) is 15.7. The molecule has 0 aliphatic carbocycles. The predicted molar refractivity (Wildman–Crippen MR) is 117 cm³/mol. The number of amides is 1. The van der Waals surface area contributed by atoms with Gasteiger partial charge in [-0.25, -0.2) is 9.59 Å². The molecule has 0 aliphatic rings. The van der Waals surface area contributed by atoms with Gasteiger partial charge < -0.3 is 15.5 Å². The molecule has 0 radical (unpaired) electrons. The third kappa shape index (κ3) is 7.03. The van der Waals surface area contributed by atoms with Crippen molar-refractivity contribution in [3.63, 3.8) is 0 Å². The van der Waals surface area contributed by atoms with E-state index in [1.165, 1.54) is 33.4 Å². The van der Waals surface area contributed by atoms with E-state index in [2.05, 4.69) is 5.32 Å². The van der Waals surface area contributed by atoms with E-state index in [0.717, 1.165) is 0 Å². The minimum atomic E-state index is -1.12. The second kappa shape index (κ2) is 11.4. The fraction of sp³-hybridized carbons (Fsp3) is 0.250. The number of aliphatic carboxylic acids is 2. The van der Waals surface area contributed by atoms with Gasteiger partial charge in [0.1, 0.15) is 12.1 Å². The highest BCUT2D eigenvalue weighted by Gasteiger charge is 2.29. The van der Waals surface area contributed by atoms with Crippen LogP contribution in [-0.2, 0) is 14.4 Å². The normalized spacial score (nSPS) is 12.6. The zero-order chi connectivity index (χ0) is 21.2. The van der Waals surface area contributed by atoms with Crippen molar-refractivity contribution in [1.29, 1.82) is 0 Å². The minimum Gasteiger partial charge on any atom is -0.480 e. The highest BCUT2D eigenvalue weighted by Crippen LogP contribution is 2.27. The number of hydrogen-bond donors (Lipinski definition) is 3. The number of rotatable bonds is 11.